The van der Waals surface area contributed by atoms with Crippen LogP contribution in [0.4, 0.5) is 16.3 Å². The lowest BCUT2D eigenvalue weighted by atomic mass is 10.2. The summed E-state index contributed by atoms with van der Waals surface area (Å²) in [6, 6.07) is 9.49. The number of anilines is 2. The van der Waals surface area contributed by atoms with E-state index in [1.165, 1.54) is 0 Å². The summed E-state index contributed by atoms with van der Waals surface area (Å²) in [4.78, 5) is 25.8. The van der Waals surface area contributed by atoms with E-state index in [0.29, 0.717) is 25.6 Å². The molecule has 1 fully saturated rings. The van der Waals surface area contributed by atoms with Gasteiger partial charge in [0.15, 0.2) is 5.82 Å². The summed E-state index contributed by atoms with van der Waals surface area (Å²) in [5.74, 6) is 2.47. The van der Waals surface area contributed by atoms with Gasteiger partial charge in [-0.3, -0.25) is 0 Å². The highest BCUT2D eigenvalue weighted by atomic mass is 32.2. The average molecular weight is 431 g/mol. The van der Waals surface area contributed by atoms with E-state index in [1.54, 1.807) is 11.8 Å². The molecule has 1 saturated heterocycles. The zero-order valence-corrected chi connectivity index (χ0v) is 18.7. The van der Waals surface area contributed by atoms with Gasteiger partial charge in [-0.1, -0.05) is 0 Å². The second kappa shape index (κ2) is 11.1. The first-order valence-electron chi connectivity index (χ1n) is 10.0. The molecule has 0 bridgehead atoms. The Morgan fingerprint density at radius 3 is 2.60 bits per heavy atom. The van der Waals surface area contributed by atoms with Gasteiger partial charge >= 0.3 is 6.03 Å². The number of rotatable bonds is 8. The highest BCUT2D eigenvalue weighted by Gasteiger charge is 2.16. The van der Waals surface area contributed by atoms with Crippen molar-refractivity contribution in [3.8, 4) is 11.4 Å². The van der Waals surface area contributed by atoms with Crippen LogP contribution in [0.5, 0.6) is 0 Å². The van der Waals surface area contributed by atoms with E-state index in [0.717, 1.165) is 48.1 Å². The van der Waals surface area contributed by atoms with Gasteiger partial charge in [-0.15, -0.1) is 0 Å². The number of hydrogen-bond donors (Lipinski definition) is 2. The van der Waals surface area contributed by atoms with Crippen molar-refractivity contribution in [2.24, 2.45) is 0 Å². The van der Waals surface area contributed by atoms with E-state index in [-0.39, 0.29) is 6.03 Å². The van der Waals surface area contributed by atoms with E-state index in [9.17, 15) is 4.79 Å². The molecule has 0 atom stereocenters. The minimum absolute atomic E-state index is 0.211. The van der Waals surface area contributed by atoms with Crippen molar-refractivity contribution in [1.29, 1.82) is 0 Å². The zero-order chi connectivity index (χ0) is 21.3. The molecule has 0 spiro atoms. The van der Waals surface area contributed by atoms with Gasteiger partial charge < -0.3 is 25.2 Å². The van der Waals surface area contributed by atoms with Crippen LogP contribution in [0.2, 0.25) is 0 Å². The van der Waals surface area contributed by atoms with Gasteiger partial charge in [-0.05, 0) is 44.6 Å². The Morgan fingerprint density at radius 2 is 1.93 bits per heavy atom. The fourth-order valence-electron chi connectivity index (χ4n) is 3.06. The van der Waals surface area contributed by atoms with Crippen LogP contribution >= 0.6 is 11.8 Å². The molecule has 2 heterocycles. The van der Waals surface area contributed by atoms with Gasteiger partial charge in [-0.25, -0.2) is 14.8 Å². The lowest BCUT2D eigenvalue weighted by Gasteiger charge is -2.28. The van der Waals surface area contributed by atoms with Crippen LogP contribution in [0, 0.1) is 0 Å². The Morgan fingerprint density at radius 1 is 1.20 bits per heavy atom. The number of hydrogen-bond acceptors (Lipinski definition) is 7. The fourth-order valence-corrected chi connectivity index (χ4v) is 3.50. The summed E-state index contributed by atoms with van der Waals surface area (Å²) >= 11 is 1.74. The lowest BCUT2D eigenvalue weighted by Crippen LogP contribution is -2.37. The van der Waals surface area contributed by atoms with E-state index < -0.39 is 0 Å². The van der Waals surface area contributed by atoms with Crippen molar-refractivity contribution in [2.45, 2.75) is 5.75 Å². The van der Waals surface area contributed by atoms with Gasteiger partial charge in [0.2, 0.25) is 0 Å². The molecular formula is C21H30N6O2S. The summed E-state index contributed by atoms with van der Waals surface area (Å²) in [6.45, 7) is 4.49. The first-order valence-corrected chi connectivity index (χ1v) is 11.4. The zero-order valence-electron chi connectivity index (χ0n) is 17.9. The molecule has 0 aliphatic carbocycles. The van der Waals surface area contributed by atoms with Crippen LogP contribution in [-0.2, 0) is 10.5 Å². The van der Waals surface area contributed by atoms with Crippen LogP contribution < -0.4 is 15.5 Å². The van der Waals surface area contributed by atoms with Crippen molar-refractivity contribution in [3.05, 3.63) is 36.0 Å². The Hall–Kier alpha value is -2.36. The number of nitrogens with zero attached hydrogens (tertiary/aromatic N) is 4. The second-order valence-electron chi connectivity index (χ2n) is 7.34. The molecule has 0 radical (unpaired) electrons. The maximum atomic E-state index is 12.0. The molecule has 2 aromatic rings. The summed E-state index contributed by atoms with van der Waals surface area (Å²) in [5, 5.41) is 5.69. The quantitative estimate of drug-likeness (QED) is 0.666. The highest BCUT2D eigenvalue weighted by molar-refractivity contribution is 7.97. The Kier molecular flexibility index (Phi) is 8.30. The van der Waals surface area contributed by atoms with Crippen molar-refractivity contribution >= 4 is 29.3 Å². The van der Waals surface area contributed by atoms with E-state index in [2.05, 4.69) is 27.9 Å². The topological polar surface area (TPSA) is 82.6 Å². The predicted octanol–water partition coefficient (Wildman–Crippen LogP) is 2.53. The molecule has 3 rings (SSSR count). The minimum Gasteiger partial charge on any atom is -0.378 e. The molecule has 1 aliphatic rings. The largest absolute Gasteiger partial charge is 0.378 e. The average Bonchev–Trinajstić information content (AvgIpc) is 2.74. The van der Waals surface area contributed by atoms with E-state index in [4.69, 9.17) is 14.7 Å². The molecule has 1 aliphatic heterocycles. The van der Waals surface area contributed by atoms with Gasteiger partial charge in [0, 0.05) is 49.2 Å². The number of urea groups is 1. The van der Waals surface area contributed by atoms with E-state index >= 15 is 0 Å². The number of amides is 2. The van der Waals surface area contributed by atoms with Gasteiger partial charge in [-0.2, -0.15) is 11.8 Å². The third kappa shape index (κ3) is 6.58. The molecule has 2 amide bonds. The SMILES string of the molecule is CSCc1cc(N2CCOCC2)nc(-c2ccc(NC(=O)NCCN(C)C)cc2)n1. The van der Waals surface area contributed by atoms with Gasteiger partial charge in [0.1, 0.15) is 5.82 Å². The summed E-state index contributed by atoms with van der Waals surface area (Å²) < 4.78 is 5.46. The maximum Gasteiger partial charge on any atom is 0.319 e. The number of nitrogens with one attached hydrogen (secondary N) is 2. The van der Waals surface area contributed by atoms with E-state index in [1.807, 2.05) is 43.3 Å². The van der Waals surface area contributed by atoms with Crippen molar-refractivity contribution in [3.63, 3.8) is 0 Å². The van der Waals surface area contributed by atoms with Crippen LogP contribution in [0.15, 0.2) is 30.3 Å². The van der Waals surface area contributed by atoms with Gasteiger partial charge in [0.05, 0.1) is 18.9 Å². The highest BCUT2D eigenvalue weighted by Crippen LogP contribution is 2.24. The number of likely N-dealkylation sites (N-methyl/N-ethyl adjacent to an activating group) is 1. The number of morpholine rings is 1. The number of aromatic nitrogens is 2. The first kappa shape index (κ1) is 22.3. The molecule has 162 valence electrons. The summed E-state index contributed by atoms with van der Waals surface area (Å²) in [6.07, 6.45) is 2.07. The third-order valence-electron chi connectivity index (χ3n) is 4.64. The number of carbonyl (C=O) groups is 1. The van der Waals surface area contributed by atoms with Crippen molar-refractivity contribution in [1.82, 2.24) is 20.2 Å². The molecule has 9 heteroatoms. The number of benzene rings is 1. The molecule has 0 saturated carbocycles. The molecular weight excluding hydrogens is 400 g/mol. The van der Waals surface area contributed by atoms with Crippen molar-refractivity contribution in [2.75, 3.05) is 70.0 Å². The fraction of sp³-hybridized carbons (Fsp3) is 0.476. The maximum absolute atomic E-state index is 12.0. The lowest BCUT2D eigenvalue weighted by molar-refractivity contribution is 0.122. The normalized spacial score (nSPS) is 14.1. The molecule has 1 aromatic heterocycles. The Labute approximate surface area is 182 Å². The predicted molar refractivity (Wildman–Crippen MR) is 123 cm³/mol. The van der Waals surface area contributed by atoms with Crippen molar-refractivity contribution < 1.29 is 9.53 Å². The summed E-state index contributed by atoms with van der Waals surface area (Å²) in [5.41, 5.74) is 2.66. The molecule has 2 N–H and O–H groups in total. The Bertz CT molecular complexity index is 825. The monoisotopic (exact) mass is 430 g/mol. The first-order chi connectivity index (χ1) is 14.5. The second-order valence-corrected chi connectivity index (χ2v) is 8.20. The molecule has 0 unspecified atom stereocenters. The number of carbonyl (C=O) groups excluding carboxylic acids is 1. The van der Waals surface area contributed by atoms with Crippen LogP contribution in [0.3, 0.4) is 0 Å². The Balaban J connectivity index is 1.71. The standard InChI is InChI=1S/C21H30N6O2S/c1-26(2)9-8-22-21(28)24-17-6-4-16(5-7-17)20-23-18(15-30-3)14-19(25-20)27-10-12-29-13-11-27/h4-7,14H,8-13,15H2,1-3H3,(H2,22,24,28). The smallest absolute Gasteiger partial charge is 0.319 e. The van der Waals surface area contributed by atoms with Crippen LogP contribution in [0.1, 0.15) is 5.69 Å². The van der Waals surface area contributed by atoms with Crippen LogP contribution in [0.25, 0.3) is 11.4 Å². The molecule has 30 heavy (non-hydrogen) atoms. The molecule has 1 aromatic carbocycles. The third-order valence-corrected chi connectivity index (χ3v) is 5.22. The minimum atomic E-state index is -0.211. The number of ether oxygens (including phenoxy) is 1. The number of thioether (sulfide) groups is 1. The summed E-state index contributed by atoms with van der Waals surface area (Å²) in [7, 11) is 3.94. The van der Waals surface area contributed by atoms with Gasteiger partial charge in [0.25, 0.3) is 0 Å². The molecule has 8 nitrogen and oxygen atoms in total. The van der Waals surface area contributed by atoms with Crippen LogP contribution in [-0.4, -0.2) is 80.6 Å².